The van der Waals surface area contributed by atoms with Crippen LogP contribution in [0.3, 0.4) is 0 Å². The quantitative estimate of drug-likeness (QED) is 0.664. The van der Waals surface area contributed by atoms with Crippen LogP contribution in [0.2, 0.25) is 0 Å². The molecule has 1 amide bonds. The van der Waals surface area contributed by atoms with E-state index in [-0.39, 0.29) is 36.8 Å². The number of nitrogens with two attached hydrogens (primary N) is 1. The average Bonchev–Trinajstić information content (AvgIpc) is 3.18. The van der Waals surface area contributed by atoms with Crippen molar-refractivity contribution in [3.05, 3.63) is 59.7 Å². The van der Waals surface area contributed by atoms with Crippen LogP contribution >= 0.6 is 24.8 Å². The van der Waals surface area contributed by atoms with Gasteiger partial charge in [-0.2, -0.15) is 0 Å². The maximum absolute atomic E-state index is 12.4. The van der Waals surface area contributed by atoms with Crippen molar-refractivity contribution in [3.63, 3.8) is 0 Å². The van der Waals surface area contributed by atoms with E-state index in [9.17, 15) is 4.79 Å². The smallest absolute Gasteiger partial charge is 0.224 e. The zero-order valence-corrected chi connectivity index (χ0v) is 17.7. The fourth-order valence-electron chi connectivity index (χ4n) is 3.52. The first-order chi connectivity index (χ1) is 12.7. The fraction of sp³-hybridized carbons (Fsp3) is 0.381. The second-order valence-electron chi connectivity index (χ2n) is 6.72. The van der Waals surface area contributed by atoms with Crippen molar-refractivity contribution in [2.45, 2.75) is 25.3 Å². The molecule has 1 aliphatic heterocycles. The Kier molecular flexibility index (Phi) is 10.1. The second kappa shape index (κ2) is 11.8. The number of nitrogens with one attached hydrogen (secondary N) is 1. The first kappa shape index (κ1) is 24.1. The number of anilines is 1. The molecular formula is C21H29Cl2N3O2. The third-order valence-corrected chi connectivity index (χ3v) is 4.92. The van der Waals surface area contributed by atoms with Gasteiger partial charge in [0, 0.05) is 17.8 Å². The van der Waals surface area contributed by atoms with Crippen molar-refractivity contribution in [1.82, 2.24) is 10.2 Å². The summed E-state index contributed by atoms with van der Waals surface area (Å²) in [5.41, 5.74) is 8.50. The Bertz CT molecular complexity index is 735. The average molecular weight is 426 g/mol. The number of nitrogen functional groups attached to an aromatic ring is 1. The highest BCUT2D eigenvalue weighted by atomic mass is 35.5. The van der Waals surface area contributed by atoms with Gasteiger partial charge in [-0.3, -0.25) is 9.69 Å². The molecule has 1 unspecified atom stereocenters. The lowest BCUT2D eigenvalue weighted by Gasteiger charge is -2.29. The molecule has 1 atom stereocenters. The number of amides is 1. The number of hydrogen-bond donors (Lipinski definition) is 2. The Hall–Kier alpha value is -1.95. The Morgan fingerprint density at radius 2 is 1.75 bits per heavy atom. The van der Waals surface area contributed by atoms with Gasteiger partial charge in [-0.1, -0.05) is 30.3 Å². The highest BCUT2D eigenvalue weighted by Crippen LogP contribution is 2.31. The zero-order valence-electron chi connectivity index (χ0n) is 16.1. The molecule has 0 aliphatic carbocycles. The summed E-state index contributed by atoms with van der Waals surface area (Å²) in [5, 5.41) is 3.11. The van der Waals surface area contributed by atoms with Crippen molar-refractivity contribution < 1.29 is 9.53 Å². The van der Waals surface area contributed by atoms with E-state index in [0.717, 1.165) is 30.0 Å². The van der Waals surface area contributed by atoms with Crippen LogP contribution in [-0.2, 0) is 11.2 Å². The van der Waals surface area contributed by atoms with E-state index in [2.05, 4.69) is 16.3 Å². The second-order valence-corrected chi connectivity index (χ2v) is 6.72. The first-order valence-electron chi connectivity index (χ1n) is 9.15. The third kappa shape index (κ3) is 6.30. The van der Waals surface area contributed by atoms with Gasteiger partial charge in [-0.15, -0.1) is 24.8 Å². The third-order valence-electron chi connectivity index (χ3n) is 4.92. The Balaban J connectivity index is 0.00000196. The topological polar surface area (TPSA) is 67.6 Å². The normalized spacial score (nSPS) is 14.5. The SMILES string of the molecule is COc1ccccc1C(CNC(=O)Cc1ccc(N)cc1)N1CCCC1.Cl.Cl. The molecule has 2 aromatic rings. The molecule has 5 nitrogen and oxygen atoms in total. The molecular weight excluding hydrogens is 397 g/mol. The van der Waals surface area contributed by atoms with Crippen LogP contribution < -0.4 is 15.8 Å². The molecule has 1 aliphatic rings. The standard InChI is InChI=1S/C21H27N3O2.2ClH/c1-26-20-7-3-2-6-18(20)19(24-12-4-5-13-24)15-23-21(25)14-16-8-10-17(22)11-9-16;;/h2-3,6-11,19H,4-5,12-15,22H2,1H3,(H,23,25);2*1H. The molecule has 7 heteroatoms. The molecule has 154 valence electrons. The fourth-order valence-corrected chi connectivity index (χ4v) is 3.52. The maximum Gasteiger partial charge on any atom is 0.224 e. The highest BCUT2D eigenvalue weighted by molar-refractivity contribution is 5.85. The Labute approximate surface area is 179 Å². The summed E-state index contributed by atoms with van der Waals surface area (Å²) in [6, 6.07) is 15.6. The van der Waals surface area contributed by atoms with E-state index in [1.165, 1.54) is 12.8 Å². The molecule has 2 aromatic carbocycles. The summed E-state index contributed by atoms with van der Waals surface area (Å²) >= 11 is 0. The van der Waals surface area contributed by atoms with Gasteiger partial charge in [0.05, 0.1) is 19.6 Å². The number of ether oxygens (including phenoxy) is 1. The van der Waals surface area contributed by atoms with Crippen LogP contribution in [0.15, 0.2) is 48.5 Å². The number of halogens is 2. The predicted octanol–water partition coefficient (Wildman–Crippen LogP) is 3.62. The molecule has 0 spiro atoms. The van der Waals surface area contributed by atoms with Crippen LogP contribution in [0.4, 0.5) is 5.69 Å². The Morgan fingerprint density at radius 3 is 2.39 bits per heavy atom. The molecule has 0 radical (unpaired) electrons. The van der Waals surface area contributed by atoms with Crippen molar-refractivity contribution in [1.29, 1.82) is 0 Å². The van der Waals surface area contributed by atoms with Crippen molar-refractivity contribution >= 4 is 36.4 Å². The monoisotopic (exact) mass is 425 g/mol. The number of para-hydroxylation sites is 1. The van der Waals surface area contributed by atoms with E-state index < -0.39 is 0 Å². The zero-order chi connectivity index (χ0) is 18.4. The summed E-state index contributed by atoms with van der Waals surface area (Å²) in [4.78, 5) is 14.8. The number of methoxy groups -OCH3 is 1. The van der Waals surface area contributed by atoms with Gasteiger partial charge < -0.3 is 15.8 Å². The lowest BCUT2D eigenvalue weighted by molar-refractivity contribution is -0.120. The number of nitrogens with zero attached hydrogens (tertiary/aromatic N) is 1. The van der Waals surface area contributed by atoms with Crippen LogP contribution in [0.25, 0.3) is 0 Å². The van der Waals surface area contributed by atoms with Gasteiger partial charge in [-0.25, -0.2) is 0 Å². The summed E-state index contributed by atoms with van der Waals surface area (Å²) < 4.78 is 5.55. The number of hydrogen-bond acceptors (Lipinski definition) is 4. The molecule has 0 saturated carbocycles. The predicted molar refractivity (Wildman–Crippen MR) is 119 cm³/mol. The molecule has 1 fully saturated rings. The molecule has 28 heavy (non-hydrogen) atoms. The van der Waals surface area contributed by atoms with E-state index in [1.807, 2.05) is 42.5 Å². The van der Waals surface area contributed by atoms with Crippen LogP contribution in [-0.4, -0.2) is 37.6 Å². The van der Waals surface area contributed by atoms with Gasteiger partial charge in [0.25, 0.3) is 0 Å². The molecule has 1 heterocycles. The van der Waals surface area contributed by atoms with Crippen LogP contribution in [0.1, 0.15) is 30.0 Å². The summed E-state index contributed by atoms with van der Waals surface area (Å²) in [6.45, 7) is 2.68. The number of benzene rings is 2. The molecule has 0 aromatic heterocycles. The van der Waals surface area contributed by atoms with Crippen molar-refractivity contribution in [2.24, 2.45) is 0 Å². The first-order valence-corrected chi connectivity index (χ1v) is 9.15. The van der Waals surface area contributed by atoms with Crippen LogP contribution in [0.5, 0.6) is 5.75 Å². The summed E-state index contributed by atoms with van der Waals surface area (Å²) in [6.07, 6.45) is 2.76. The van der Waals surface area contributed by atoms with E-state index in [4.69, 9.17) is 10.5 Å². The highest BCUT2D eigenvalue weighted by Gasteiger charge is 2.26. The van der Waals surface area contributed by atoms with Crippen molar-refractivity contribution in [3.8, 4) is 5.75 Å². The molecule has 0 bridgehead atoms. The number of carbonyl (C=O) groups excluding carboxylic acids is 1. The van der Waals surface area contributed by atoms with Crippen molar-refractivity contribution in [2.75, 3.05) is 32.5 Å². The largest absolute Gasteiger partial charge is 0.496 e. The van der Waals surface area contributed by atoms with E-state index in [1.54, 1.807) is 7.11 Å². The minimum atomic E-state index is 0. The van der Waals surface area contributed by atoms with Gasteiger partial charge in [0.15, 0.2) is 0 Å². The summed E-state index contributed by atoms with van der Waals surface area (Å²) in [5.74, 6) is 0.894. The van der Waals surface area contributed by atoms with E-state index in [0.29, 0.717) is 18.7 Å². The van der Waals surface area contributed by atoms with Gasteiger partial charge in [0.2, 0.25) is 5.91 Å². The number of rotatable bonds is 7. The van der Waals surface area contributed by atoms with Crippen LogP contribution in [0, 0.1) is 0 Å². The molecule has 1 saturated heterocycles. The van der Waals surface area contributed by atoms with Gasteiger partial charge >= 0.3 is 0 Å². The molecule has 3 rings (SSSR count). The lowest BCUT2D eigenvalue weighted by Crippen LogP contribution is -2.37. The van der Waals surface area contributed by atoms with Gasteiger partial charge in [0.1, 0.15) is 5.75 Å². The van der Waals surface area contributed by atoms with Gasteiger partial charge in [-0.05, 0) is 49.7 Å². The minimum Gasteiger partial charge on any atom is -0.496 e. The van der Waals surface area contributed by atoms with E-state index >= 15 is 0 Å². The Morgan fingerprint density at radius 1 is 1.11 bits per heavy atom. The number of carbonyl (C=O) groups is 1. The number of likely N-dealkylation sites (tertiary alicyclic amines) is 1. The summed E-state index contributed by atoms with van der Waals surface area (Å²) in [7, 11) is 1.69. The minimum absolute atomic E-state index is 0. The lowest BCUT2D eigenvalue weighted by atomic mass is 10.0. The maximum atomic E-state index is 12.4. The molecule has 3 N–H and O–H groups in total.